The summed E-state index contributed by atoms with van der Waals surface area (Å²) in [7, 11) is 2.07. The zero-order chi connectivity index (χ0) is 19.0. The number of thiazole rings is 1. The molecule has 1 fully saturated rings. The van der Waals surface area contributed by atoms with E-state index in [-0.39, 0.29) is 11.9 Å². The molecule has 0 unspecified atom stereocenters. The van der Waals surface area contributed by atoms with E-state index in [2.05, 4.69) is 44.4 Å². The Hall–Kier alpha value is -2.34. The van der Waals surface area contributed by atoms with E-state index in [0.29, 0.717) is 0 Å². The summed E-state index contributed by atoms with van der Waals surface area (Å²) >= 11 is 1.59. The van der Waals surface area contributed by atoms with Gasteiger partial charge in [-0.15, -0.1) is 11.3 Å². The van der Waals surface area contributed by atoms with E-state index in [9.17, 15) is 4.79 Å². The summed E-state index contributed by atoms with van der Waals surface area (Å²) in [6.07, 6.45) is 8.31. The molecule has 0 saturated carbocycles. The first-order valence-electron chi connectivity index (χ1n) is 9.59. The first kappa shape index (κ1) is 18.0. The van der Waals surface area contributed by atoms with Crippen molar-refractivity contribution in [3.8, 4) is 5.13 Å². The summed E-state index contributed by atoms with van der Waals surface area (Å²) in [6.45, 7) is 4.88. The second-order valence-corrected chi connectivity index (χ2v) is 8.22. The Morgan fingerprint density at radius 2 is 2.11 bits per heavy atom. The molecule has 27 heavy (non-hydrogen) atoms. The number of carbonyl (C=O) groups is 1. The van der Waals surface area contributed by atoms with Crippen LogP contribution in [0, 0.1) is 13.8 Å². The van der Waals surface area contributed by atoms with Gasteiger partial charge in [0, 0.05) is 48.4 Å². The van der Waals surface area contributed by atoms with Crippen LogP contribution < -0.4 is 0 Å². The topological polar surface area (TPSA) is 43.1 Å². The van der Waals surface area contributed by atoms with Gasteiger partial charge in [0.2, 0.25) is 0 Å². The fraction of sp³-hybridized carbons (Fsp3) is 0.429. The maximum Gasteiger partial charge on any atom is 0.256 e. The number of aryl methyl sites for hydroxylation is 2. The molecule has 0 aromatic carbocycles. The highest BCUT2D eigenvalue weighted by Crippen LogP contribution is 2.33. The number of carbonyl (C=O) groups excluding carboxylic acids is 1. The van der Waals surface area contributed by atoms with Crippen LogP contribution in [-0.4, -0.2) is 31.5 Å². The maximum absolute atomic E-state index is 13.6. The minimum Gasteiger partial charge on any atom is -0.353 e. The second-order valence-electron chi connectivity index (χ2n) is 7.34. The highest BCUT2D eigenvalue weighted by molar-refractivity contribution is 7.12. The molecule has 3 aromatic heterocycles. The first-order valence-corrected chi connectivity index (χ1v) is 10.5. The molecule has 1 aliphatic rings. The smallest absolute Gasteiger partial charge is 0.256 e. The predicted octanol–water partition coefficient (Wildman–Crippen LogP) is 4.65. The third-order valence-corrected chi connectivity index (χ3v) is 6.37. The number of amides is 1. The van der Waals surface area contributed by atoms with Gasteiger partial charge in [0.15, 0.2) is 5.13 Å². The average Bonchev–Trinajstić information content (AvgIpc) is 3.33. The number of rotatable bonds is 3. The second kappa shape index (κ2) is 7.35. The highest BCUT2D eigenvalue weighted by atomic mass is 32.1. The lowest BCUT2D eigenvalue weighted by Gasteiger charge is -2.30. The van der Waals surface area contributed by atoms with Gasteiger partial charge in [0.1, 0.15) is 0 Å². The van der Waals surface area contributed by atoms with Crippen LogP contribution in [0.25, 0.3) is 5.13 Å². The lowest BCUT2D eigenvalue weighted by Crippen LogP contribution is -2.35. The van der Waals surface area contributed by atoms with Crippen LogP contribution in [0.3, 0.4) is 0 Å². The highest BCUT2D eigenvalue weighted by Gasteiger charge is 2.31. The van der Waals surface area contributed by atoms with E-state index in [1.54, 1.807) is 17.5 Å². The lowest BCUT2D eigenvalue weighted by molar-refractivity contribution is 0.0674. The van der Waals surface area contributed by atoms with E-state index >= 15 is 0 Å². The van der Waals surface area contributed by atoms with Crippen molar-refractivity contribution in [3.05, 3.63) is 58.6 Å². The number of hydrogen-bond acceptors (Lipinski definition) is 3. The normalized spacial score (nSPS) is 17.9. The van der Waals surface area contributed by atoms with Gasteiger partial charge in [0.05, 0.1) is 11.6 Å². The molecule has 5 nitrogen and oxygen atoms in total. The fourth-order valence-corrected chi connectivity index (χ4v) is 4.99. The molecule has 4 heterocycles. The number of likely N-dealkylation sites (tertiary alicyclic amines) is 1. The minimum atomic E-state index is 0.138. The molecule has 1 aliphatic heterocycles. The summed E-state index contributed by atoms with van der Waals surface area (Å²) in [5, 5.41) is 2.88. The maximum atomic E-state index is 13.6. The largest absolute Gasteiger partial charge is 0.353 e. The quantitative estimate of drug-likeness (QED) is 0.662. The minimum absolute atomic E-state index is 0.138. The Morgan fingerprint density at radius 3 is 2.81 bits per heavy atom. The molecule has 3 aromatic rings. The van der Waals surface area contributed by atoms with Gasteiger partial charge in [-0.2, -0.15) is 0 Å². The molecule has 6 heteroatoms. The summed E-state index contributed by atoms with van der Waals surface area (Å²) in [4.78, 5) is 20.1. The molecule has 1 saturated heterocycles. The first-order chi connectivity index (χ1) is 13.1. The number of aromatic nitrogens is 3. The van der Waals surface area contributed by atoms with Gasteiger partial charge in [0.25, 0.3) is 5.91 Å². The van der Waals surface area contributed by atoms with Crippen molar-refractivity contribution in [2.45, 2.75) is 45.6 Å². The molecule has 4 rings (SSSR count). The summed E-state index contributed by atoms with van der Waals surface area (Å²) in [5.74, 6) is 0.138. The van der Waals surface area contributed by atoms with Crippen LogP contribution in [0.5, 0.6) is 0 Å². The van der Waals surface area contributed by atoms with E-state index in [1.165, 1.54) is 12.1 Å². The van der Waals surface area contributed by atoms with Crippen molar-refractivity contribution >= 4 is 17.2 Å². The third kappa shape index (κ3) is 3.23. The molecule has 0 bridgehead atoms. The molecular weight excluding hydrogens is 356 g/mol. The Balaban J connectivity index is 1.72. The monoisotopic (exact) mass is 382 g/mol. The molecule has 1 atom stereocenters. The summed E-state index contributed by atoms with van der Waals surface area (Å²) in [6, 6.07) is 6.38. The van der Waals surface area contributed by atoms with Crippen molar-refractivity contribution in [1.29, 1.82) is 0 Å². The van der Waals surface area contributed by atoms with Crippen LogP contribution in [0.1, 0.15) is 59.2 Å². The van der Waals surface area contributed by atoms with Gasteiger partial charge < -0.3 is 9.47 Å². The van der Waals surface area contributed by atoms with Crippen molar-refractivity contribution < 1.29 is 4.79 Å². The SMILES string of the molecule is Cc1cc(C(=O)N2CCCCC[C@@H]2c2cccn2C)c(C)n1-c1nccs1. The van der Waals surface area contributed by atoms with Gasteiger partial charge in [-0.05, 0) is 44.9 Å². The molecule has 1 amide bonds. The lowest BCUT2D eigenvalue weighted by atomic mass is 10.1. The van der Waals surface area contributed by atoms with Crippen LogP contribution in [0.4, 0.5) is 0 Å². The molecule has 142 valence electrons. The summed E-state index contributed by atoms with van der Waals surface area (Å²) < 4.78 is 4.24. The average molecular weight is 383 g/mol. The Bertz CT molecular complexity index is 938. The molecule has 0 aliphatic carbocycles. The van der Waals surface area contributed by atoms with Crippen LogP contribution in [0.15, 0.2) is 36.0 Å². The van der Waals surface area contributed by atoms with E-state index in [4.69, 9.17) is 0 Å². The molecular formula is C21H26N4OS. The van der Waals surface area contributed by atoms with Crippen molar-refractivity contribution in [1.82, 2.24) is 19.0 Å². The van der Waals surface area contributed by atoms with Gasteiger partial charge in [-0.3, -0.25) is 9.36 Å². The zero-order valence-corrected chi connectivity index (χ0v) is 17.0. The van der Waals surface area contributed by atoms with Crippen LogP contribution in [-0.2, 0) is 7.05 Å². The van der Waals surface area contributed by atoms with E-state index in [1.807, 2.05) is 25.3 Å². The molecule has 0 spiro atoms. The zero-order valence-electron chi connectivity index (χ0n) is 16.2. The Labute approximate surface area is 164 Å². The Kier molecular flexibility index (Phi) is 4.91. The van der Waals surface area contributed by atoms with Crippen molar-refractivity contribution in [2.24, 2.45) is 7.05 Å². The van der Waals surface area contributed by atoms with Crippen molar-refractivity contribution in [2.75, 3.05) is 6.54 Å². The standard InChI is InChI=1S/C21H26N4OS/c1-15-14-17(16(2)25(15)21-22-10-13-27-21)20(26)24-12-6-4-5-8-19(24)18-9-7-11-23(18)3/h7,9-11,13-14,19H,4-6,8,12H2,1-3H3/t19-/m1/s1. The Morgan fingerprint density at radius 1 is 1.26 bits per heavy atom. The third-order valence-electron chi connectivity index (χ3n) is 5.61. The van der Waals surface area contributed by atoms with Crippen LogP contribution >= 0.6 is 11.3 Å². The fourth-order valence-electron chi connectivity index (χ4n) is 4.23. The van der Waals surface area contributed by atoms with E-state index < -0.39 is 0 Å². The predicted molar refractivity (Wildman–Crippen MR) is 109 cm³/mol. The van der Waals surface area contributed by atoms with Gasteiger partial charge >= 0.3 is 0 Å². The van der Waals surface area contributed by atoms with Gasteiger partial charge in [-0.25, -0.2) is 4.98 Å². The number of nitrogens with zero attached hydrogens (tertiary/aromatic N) is 4. The van der Waals surface area contributed by atoms with Gasteiger partial charge in [-0.1, -0.05) is 12.8 Å². The summed E-state index contributed by atoms with van der Waals surface area (Å²) in [5.41, 5.74) is 4.04. The molecule has 0 N–H and O–H groups in total. The van der Waals surface area contributed by atoms with Crippen LogP contribution in [0.2, 0.25) is 0 Å². The molecule has 0 radical (unpaired) electrons. The van der Waals surface area contributed by atoms with Crippen molar-refractivity contribution in [3.63, 3.8) is 0 Å². The number of hydrogen-bond donors (Lipinski definition) is 0. The van der Waals surface area contributed by atoms with E-state index in [0.717, 1.165) is 47.9 Å².